The van der Waals surface area contributed by atoms with Gasteiger partial charge in [0.25, 0.3) is 0 Å². The number of nitrogens with zero attached hydrogens (tertiary/aromatic N) is 1. The van der Waals surface area contributed by atoms with Gasteiger partial charge in [0.1, 0.15) is 12.6 Å². The standard InChI is InChI=1S/C18H36NO3/c1-19(14-10-7-11-15-19)16-17(20)12-8-5-3-4-6-9-13-18(21)22-2/h17,20H,3-16H2,1-2H3/q+1/t17-/m1/s1. The van der Waals surface area contributed by atoms with Gasteiger partial charge in [-0.1, -0.05) is 32.1 Å². The van der Waals surface area contributed by atoms with E-state index in [4.69, 9.17) is 0 Å². The number of piperidine rings is 1. The van der Waals surface area contributed by atoms with Gasteiger partial charge in [-0.15, -0.1) is 0 Å². The molecule has 1 heterocycles. The summed E-state index contributed by atoms with van der Waals surface area (Å²) in [6.07, 6.45) is 12.1. The molecule has 1 aliphatic heterocycles. The van der Waals surface area contributed by atoms with Crippen LogP contribution in [-0.4, -0.2) is 55.5 Å². The number of carbonyl (C=O) groups excluding carboxylic acids is 1. The lowest BCUT2D eigenvalue weighted by Gasteiger charge is -2.39. The molecule has 1 aliphatic rings. The van der Waals surface area contributed by atoms with Gasteiger partial charge >= 0.3 is 5.97 Å². The van der Waals surface area contributed by atoms with Gasteiger partial charge in [-0.3, -0.25) is 4.79 Å². The minimum atomic E-state index is -0.137. The third-order valence-corrected chi connectivity index (χ3v) is 4.94. The third kappa shape index (κ3) is 8.74. The minimum absolute atomic E-state index is 0.0996. The molecule has 0 unspecified atom stereocenters. The molecule has 0 amide bonds. The van der Waals surface area contributed by atoms with Crippen LogP contribution < -0.4 is 0 Å². The first-order chi connectivity index (χ1) is 10.6. The number of methoxy groups -OCH3 is 1. The largest absolute Gasteiger partial charge is 0.469 e. The Labute approximate surface area is 136 Å². The summed E-state index contributed by atoms with van der Waals surface area (Å²) in [7, 11) is 3.74. The average Bonchev–Trinajstić information content (AvgIpc) is 2.49. The Morgan fingerprint density at radius 3 is 2.27 bits per heavy atom. The van der Waals surface area contributed by atoms with Crippen LogP contribution in [0.1, 0.15) is 70.6 Å². The molecule has 0 aromatic rings. The van der Waals surface area contributed by atoms with E-state index in [1.807, 2.05) is 0 Å². The molecule has 1 fully saturated rings. The van der Waals surface area contributed by atoms with Crippen LogP contribution in [0.15, 0.2) is 0 Å². The van der Waals surface area contributed by atoms with Crippen molar-refractivity contribution in [3.8, 4) is 0 Å². The molecular weight excluding hydrogens is 278 g/mol. The van der Waals surface area contributed by atoms with Crippen LogP contribution in [0, 0.1) is 0 Å². The molecule has 0 radical (unpaired) electrons. The number of likely N-dealkylation sites (tertiary alicyclic amines) is 1. The molecule has 4 nitrogen and oxygen atoms in total. The zero-order valence-electron chi connectivity index (χ0n) is 14.7. The Kier molecular flexibility index (Phi) is 9.73. The molecule has 1 atom stereocenters. The molecule has 0 bridgehead atoms. The highest BCUT2D eigenvalue weighted by Gasteiger charge is 2.27. The van der Waals surface area contributed by atoms with Crippen molar-refractivity contribution in [3.63, 3.8) is 0 Å². The van der Waals surface area contributed by atoms with Crippen LogP contribution in [0.2, 0.25) is 0 Å². The zero-order valence-corrected chi connectivity index (χ0v) is 14.7. The molecule has 22 heavy (non-hydrogen) atoms. The second kappa shape index (κ2) is 11.0. The van der Waals surface area contributed by atoms with E-state index < -0.39 is 0 Å². The number of aliphatic hydroxyl groups is 1. The number of rotatable bonds is 11. The van der Waals surface area contributed by atoms with Gasteiger partial charge in [0.05, 0.1) is 27.2 Å². The lowest BCUT2D eigenvalue weighted by molar-refractivity contribution is -0.916. The summed E-state index contributed by atoms with van der Waals surface area (Å²) >= 11 is 0. The first kappa shape index (κ1) is 19.4. The molecule has 4 heteroatoms. The smallest absolute Gasteiger partial charge is 0.305 e. The van der Waals surface area contributed by atoms with Gasteiger partial charge in [-0.2, -0.15) is 0 Å². The van der Waals surface area contributed by atoms with Crippen molar-refractivity contribution >= 4 is 5.97 Å². The van der Waals surface area contributed by atoms with Crippen LogP contribution in [0.5, 0.6) is 0 Å². The number of hydrogen-bond acceptors (Lipinski definition) is 3. The van der Waals surface area contributed by atoms with Gasteiger partial charge in [0.2, 0.25) is 0 Å². The average molecular weight is 314 g/mol. The summed E-state index contributed by atoms with van der Waals surface area (Å²) in [6.45, 7) is 3.40. The van der Waals surface area contributed by atoms with E-state index >= 15 is 0 Å². The van der Waals surface area contributed by atoms with E-state index in [-0.39, 0.29) is 12.1 Å². The second-order valence-electron chi connectivity index (χ2n) is 7.20. The van der Waals surface area contributed by atoms with E-state index in [2.05, 4.69) is 11.8 Å². The van der Waals surface area contributed by atoms with Crippen molar-refractivity contribution in [1.29, 1.82) is 0 Å². The first-order valence-corrected chi connectivity index (χ1v) is 9.14. The van der Waals surface area contributed by atoms with Gasteiger partial charge in [-0.25, -0.2) is 0 Å². The SMILES string of the molecule is COC(=O)CCCCCCCC[C@@H](O)C[N+]1(C)CCCCC1. The van der Waals surface area contributed by atoms with E-state index in [1.165, 1.54) is 58.7 Å². The maximum absolute atomic E-state index is 11.0. The summed E-state index contributed by atoms with van der Waals surface area (Å²) in [6, 6.07) is 0. The topological polar surface area (TPSA) is 46.5 Å². The summed E-state index contributed by atoms with van der Waals surface area (Å²) < 4.78 is 5.69. The molecule has 130 valence electrons. The number of unbranched alkanes of at least 4 members (excludes halogenated alkanes) is 5. The van der Waals surface area contributed by atoms with E-state index in [0.29, 0.717) is 6.42 Å². The van der Waals surface area contributed by atoms with Crippen LogP contribution in [0.4, 0.5) is 0 Å². The summed E-state index contributed by atoms with van der Waals surface area (Å²) in [4.78, 5) is 11.0. The highest BCUT2D eigenvalue weighted by molar-refractivity contribution is 5.68. The van der Waals surface area contributed by atoms with E-state index in [1.54, 1.807) is 0 Å². The Morgan fingerprint density at radius 1 is 1.05 bits per heavy atom. The molecule has 0 aromatic carbocycles. The summed E-state index contributed by atoms with van der Waals surface area (Å²) in [5, 5.41) is 10.2. The highest BCUT2D eigenvalue weighted by atomic mass is 16.5. The number of ether oxygens (including phenoxy) is 1. The molecule has 1 rings (SSSR count). The highest BCUT2D eigenvalue weighted by Crippen LogP contribution is 2.18. The van der Waals surface area contributed by atoms with Gasteiger partial charge in [0, 0.05) is 6.42 Å². The molecular formula is C18H36NO3+. The van der Waals surface area contributed by atoms with E-state index in [0.717, 1.165) is 36.7 Å². The molecule has 1 N–H and O–H groups in total. The maximum atomic E-state index is 11.0. The van der Waals surface area contributed by atoms with Crippen LogP contribution in [0.25, 0.3) is 0 Å². The quantitative estimate of drug-likeness (QED) is 0.362. The molecule has 0 spiro atoms. The monoisotopic (exact) mass is 314 g/mol. The fourth-order valence-corrected chi connectivity index (χ4v) is 3.52. The van der Waals surface area contributed by atoms with Crippen molar-refractivity contribution in [2.45, 2.75) is 76.7 Å². The minimum Gasteiger partial charge on any atom is -0.469 e. The second-order valence-corrected chi connectivity index (χ2v) is 7.20. The van der Waals surface area contributed by atoms with Gasteiger partial charge in [-0.05, 0) is 32.1 Å². The number of quaternary nitrogens is 1. The summed E-state index contributed by atoms with van der Waals surface area (Å²) in [5.74, 6) is -0.0996. The first-order valence-electron chi connectivity index (χ1n) is 9.14. The summed E-state index contributed by atoms with van der Waals surface area (Å²) in [5.41, 5.74) is 0. The fraction of sp³-hybridized carbons (Fsp3) is 0.944. The molecule has 0 aliphatic carbocycles. The van der Waals surface area contributed by atoms with E-state index in [9.17, 15) is 9.90 Å². The third-order valence-electron chi connectivity index (χ3n) is 4.94. The number of aliphatic hydroxyl groups excluding tert-OH is 1. The molecule has 0 aromatic heterocycles. The predicted molar refractivity (Wildman–Crippen MR) is 89.6 cm³/mol. The van der Waals surface area contributed by atoms with Crippen molar-refractivity contribution < 1.29 is 19.1 Å². The lowest BCUT2D eigenvalue weighted by Crippen LogP contribution is -2.51. The Morgan fingerprint density at radius 2 is 1.64 bits per heavy atom. The van der Waals surface area contributed by atoms with Crippen LogP contribution in [-0.2, 0) is 9.53 Å². The van der Waals surface area contributed by atoms with Gasteiger partial charge < -0.3 is 14.3 Å². The number of esters is 1. The molecule has 0 saturated carbocycles. The van der Waals surface area contributed by atoms with Crippen LogP contribution in [0.3, 0.4) is 0 Å². The van der Waals surface area contributed by atoms with Crippen molar-refractivity contribution in [2.24, 2.45) is 0 Å². The van der Waals surface area contributed by atoms with Crippen molar-refractivity contribution in [1.82, 2.24) is 0 Å². The lowest BCUT2D eigenvalue weighted by atomic mass is 10.0. The fourth-order valence-electron chi connectivity index (χ4n) is 3.52. The zero-order chi connectivity index (χ0) is 16.3. The van der Waals surface area contributed by atoms with Crippen molar-refractivity contribution in [2.75, 3.05) is 33.8 Å². The number of likely N-dealkylation sites (N-methyl/N-ethyl adjacent to an activating group) is 1. The predicted octanol–water partition coefficient (Wildman–Crippen LogP) is 3.27. The molecule has 1 saturated heterocycles. The Bertz CT molecular complexity index is 301. The normalized spacial score (nSPS) is 18.9. The Balaban J connectivity index is 1.94. The number of carbonyl (C=O) groups is 1. The number of hydrogen-bond donors (Lipinski definition) is 1. The Hall–Kier alpha value is -0.610. The van der Waals surface area contributed by atoms with Gasteiger partial charge in [0.15, 0.2) is 0 Å². The maximum Gasteiger partial charge on any atom is 0.305 e. The van der Waals surface area contributed by atoms with Crippen molar-refractivity contribution in [3.05, 3.63) is 0 Å². The van der Waals surface area contributed by atoms with Crippen LogP contribution >= 0.6 is 0 Å².